The van der Waals surface area contributed by atoms with E-state index >= 15 is 0 Å². The van der Waals surface area contributed by atoms with Crippen LogP contribution in [0.5, 0.6) is 0 Å². The van der Waals surface area contributed by atoms with Crippen molar-refractivity contribution < 1.29 is 8.76 Å². The van der Waals surface area contributed by atoms with Crippen LogP contribution in [-0.2, 0) is 11.3 Å². The normalized spacial score (nSPS) is 12.6. The second-order valence-electron chi connectivity index (χ2n) is 2.45. The van der Waals surface area contributed by atoms with Crippen LogP contribution in [0.3, 0.4) is 0 Å². The average molecular weight is 329 g/mol. The molecule has 0 spiro atoms. The Morgan fingerprint density at radius 2 is 1.85 bits per heavy atom. The van der Waals surface area contributed by atoms with E-state index in [1.807, 2.05) is 19.1 Å². The molecular weight excluding hydrogens is 322 g/mol. The number of nitrogens with one attached hydrogen (secondary N) is 1. The van der Waals surface area contributed by atoms with Crippen molar-refractivity contribution in [3.63, 3.8) is 0 Å². The minimum Gasteiger partial charge on any atom is -0.289 e. The molecule has 0 radical (unpaired) electrons. The van der Waals surface area contributed by atoms with Gasteiger partial charge in [-0.15, -0.1) is 0 Å². The highest BCUT2D eigenvalue weighted by Crippen LogP contribution is 2.32. The van der Waals surface area contributed by atoms with Gasteiger partial charge in [0.15, 0.2) is 0 Å². The first-order chi connectivity index (χ1) is 6.00. The highest BCUT2D eigenvalue weighted by Gasteiger charge is 2.07. The Morgan fingerprint density at radius 1 is 1.38 bits per heavy atom. The molecule has 0 amide bonds. The van der Waals surface area contributed by atoms with Crippen LogP contribution in [0.15, 0.2) is 21.1 Å². The molecule has 13 heavy (non-hydrogen) atoms. The number of hydrogen-bond donors (Lipinski definition) is 2. The van der Waals surface area contributed by atoms with Crippen molar-refractivity contribution in [3.8, 4) is 0 Å². The summed E-state index contributed by atoms with van der Waals surface area (Å²) < 4.78 is 23.1. The molecule has 1 unspecified atom stereocenters. The third-order valence-corrected chi connectivity index (χ3v) is 3.01. The second kappa shape index (κ2) is 4.54. The summed E-state index contributed by atoms with van der Waals surface area (Å²) in [7, 11) is 0. The molecule has 0 aromatic heterocycles. The number of rotatable bonds is 2. The Balaban J connectivity index is 3.13. The highest BCUT2D eigenvalue weighted by molar-refractivity contribution is 9.11. The van der Waals surface area contributed by atoms with Gasteiger partial charge in [-0.1, -0.05) is 0 Å². The zero-order valence-corrected chi connectivity index (χ0v) is 10.7. The van der Waals surface area contributed by atoms with Crippen LogP contribution in [0.1, 0.15) is 5.56 Å². The molecule has 0 aliphatic rings. The van der Waals surface area contributed by atoms with Crippen molar-refractivity contribution in [3.05, 3.63) is 26.6 Å². The van der Waals surface area contributed by atoms with Crippen LogP contribution >= 0.6 is 31.9 Å². The van der Waals surface area contributed by atoms with Crippen molar-refractivity contribution in [1.82, 2.24) is 0 Å². The minimum absolute atomic E-state index is 0.575. The minimum atomic E-state index is -2.05. The smallest absolute Gasteiger partial charge is 0.259 e. The molecule has 2 N–H and O–H groups in total. The Morgan fingerprint density at radius 3 is 2.23 bits per heavy atom. The maximum Gasteiger partial charge on any atom is 0.259 e. The van der Waals surface area contributed by atoms with Crippen LogP contribution in [-0.4, -0.2) is 8.76 Å². The van der Waals surface area contributed by atoms with Crippen molar-refractivity contribution in [2.75, 3.05) is 4.72 Å². The average Bonchev–Trinajstić information content (AvgIpc) is 1.96. The van der Waals surface area contributed by atoms with E-state index in [9.17, 15) is 4.21 Å². The van der Waals surface area contributed by atoms with E-state index in [0.717, 1.165) is 14.5 Å². The lowest BCUT2D eigenvalue weighted by Gasteiger charge is -2.07. The van der Waals surface area contributed by atoms with Gasteiger partial charge in [-0.05, 0) is 56.5 Å². The van der Waals surface area contributed by atoms with Crippen LogP contribution < -0.4 is 4.72 Å². The van der Waals surface area contributed by atoms with E-state index in [1.54, 1.807) is 0 Å². The molecule has 1 aromatic rings. The quantitative estimate of drug-likeness (QED) is 0.820. The fourth-order valence-electron chi connectivity index (χ4n) is 0.885. The molecule has 0 bridgehead atoms. The SMILES string of the molecule is Cc1cc(Br)c(NS(=O)O)c(Br)c1. The summed E-state index contributed by atoms with van der Waals surface area (Å²) in [6.45, 7) is 1.94. The highest BCUT2D eigenvalue weighted by atomic mass is 79.9. The molecule has 1 atom stereocenters. The van der Waals surface area contributed by atoms with Crippen molar-refractivity contribution in [1.29, 1.82) is 0 Å². The standard InChI is InChI=1S/C7H7Br2NO2S/c1-4-2-5(8)7(6(9)3-4)10-13(11)12/h2-3,10H,1H3,(H,11,12). The predicted molar refractivity (Wildman–Crippen MR) is 61.0 cm³/mol. The third-order valence-electron chi connectivity index (χ3n) is 1.38. The molecule has 0 aliphatic heterocycles. The molecule has 1 rings (SSSR count). The van der Waals surface area contributed by atoms with E-state index < -0.39 is 11.3 Å². The number of benzene rings is 1. The molecule has 6 heteroatoms. The molecule has 72 valence electrons. The molecule has 0 heterocycles. The second-order valence-corrected chi connectivity index (χ2v) is 4.87. The van der Waals surface area contributed by atoms with Gasteiger partial charge in [0.05, 0.1) is 5.69 Å². The Labute approximate surface area is 95.6 Å². The van der Waals surface area contributed by atoms with E-state index in [-0.39, 0.29) is 0 Å². The van der Waals surface area contributed by atoms with Crippen LogP contribution in [0, 0.1) is 6.92 Å². The van der Waals surface area contributed by atoms with Gasteiger partial charge in [-0.2, -0.15) is 0 Å². The van der Waals surface area contributed by atoms with Gasteiger partial charge in [-0.25, -0.2) is 4.21 Å². The summed E-state index contributed by atoms with van der Waals surface area (Å²) in [5, 5.41) is 0. The van der Waals surface area contributed by atoms with Gasteiger partial charge in [-0.3, -0.25) is 9.27 Å². The van der Waals surface area contributed by atoms with E-state index in [0.29, 0.717) is 5.69 Å². The fourth-order valence-corrected chi connectivity index (χ4v) is 3.16. The molecule has 0 saturated carbocycles. The number of hydrogen-bond acceptors (Lipinski definition) is 1. The first-order valence-corrected chi connectivity index (χ1v) is 6.03. The predicted octanol–water partition coefficient (Wildman–Crippen LogP) is 3.07. The van der Waals surface area contributed by atoms with Gasteiger partial charge in [0, 0.05) is 8.95 Å². The molecular formula is C7H7Br2NO2S. The third kappa shape index (κ3) is 3.05. The lowest BCUT2D eigenvalue weighted by molar-refractivity contribution is 0.570. The maximum atomic E-state index is 10.5. The largest absolute Gasteiger partial charge is 0.289 e. The van der Waals surface area contributed by atoms with Crippen LogP contribution in [0.4, 0.5) is 5.69 Å². The van der Waals surface area contributed by atoms with Crippen molar-refractivity contribution >= 4 is 48.8 Å². The molecule has 0 aliphatic carbocycles. The monoisotopic (exact) mass is 327 g/mol. The summed E-state index contributed by atoms with van der Waals surface area (Å²) >= 11 is 4.52. The maximum absolute atomic E-state index is 10.5. The van der Waals surface area contributed by atoms with Gasteiger partial charge in [0.25, 0.3) is 11.3 Å². The summed E-state index contributed by atoms with van der Waals surface area (Å²) in [6, 6.07) is 3.72. The Hall–Kier alpha value is 0.0900. The van der Waals surface area contributed by atoms with E-state index in [4.69, 9.17) is 4.55 Å². The van der Waals surface area contributed by atoms with Crippen LogP contribution in [0.25, 0.3) is 0 Å². The molecule has 1 aromatic carbocycles. The summed E-state index contributed by atoms with van der Waals surface area (Å²) in [6.07, 6.45) is 0. The lowest BCUT2D eigenvalue weighted by atomic mass is 10.2. The van der Waals surface area contributed by atoms with Gasteiger partial charge in [0.1, 0.15) is 0 Å². The zero-order valence-electron chi connectivity index (χ0n) is 6.67. The topological polar surface area (TPSA) is 49.3 Å². The van der Waals surface area contributed by atoms with Crippen LogP contribution in [0.2, 0.25) is 0 Å². The van der Waals surface area contributed by atoms with E-state index in [1.165, 1.54) is 0 Å². The van der Waals surface area contributed by atoms with Crippen molar-refractivity contribution in [2.45, 2.75) is 6.92 Å². The number of halogens is 2. The lowest BCUT2D eigenvalue weighted by Crippen LogP contribution is -2.03. The first-order valence-electron chi connectivity index (χ1n) is 3.34. The summed E-state index contributed by atoms with van der Waals surface area (Å²) in [5.74, 6) is 0. The number of anilines is 1. The Kier molecular flexibility index (Phi) is 3.90. The molecule has 0 fully saturated rings. The van der Waals surface area contributed by atoms with E-state index in [2.05, 4.69) is 36.6 Å². The zero-order chi connectivity index (χ0) is 10.0. The van der Waals surface area contributed by atoms with Gasteiger partial charge in [0.2, 0.25) is 0 Å². The van der Waals surface area contributed by atoms with Crippen molar-refractivity contribution in [2.24, 2.45) is 0 Å². The number of aryl methyl sites for hydroxylation is 1. The first kappa shape index (κ1) is 11.2. The fraction of sp³-hybridized carbons (Fsp3) is 0.143. The van der Waals surface area contributed by atoms with Gasteiger partial charge < -0.3 is 0 Å². The Bertz CT molecular complexity index is 333. The molecule has 0 saturated heterocycles. The summed E-state index contributed by atoms with van der Waals surface area (Å²) in [4.78, 5) is 0. The van der Waals surface area contributed by atoms with Gasteiger partial charge >= 0.3 is 0 Å². The summed E-state index contributed by atoms with van der Waals surface area (Å²) in [5.41, 5.74) is 1.64. The molecule has 3 nitrogen and oxygen atoms in total.